The van der Waals surface area contributed by atoms with Crippen molar-refractivity contribution >= 4 is 5.91 Å². The predicted molar refractivity (Wildman–Crippen MR) is 76.7 cm³/mol. The molecule has 0 spiro atoms. The number of ether oxygens (including phenoxy) is 1. The predicted octanol–water partition coefficient (Wildman–Crippen LogP) is 1.86. The van der Waals surface area contributed by atoms with Crippen LogP contribution >= 0.6 is 0 Å². The van der Waals surface area contributed by atoms with E-state index in [2.05, 4.69) is 5.32 Å². The molecule has 0 aromatic heterocycles. The summed E-state index contributed by atoms with van der Waals surface area (Å²) in [6.45, 7) is 1.01. The minimum Gasteiger partial charge on any atom is -0.491 e. The molecule has 0 radical (unpaired) electrons. The standard InChI is InChI=1S/C16H16N2O2/c17-15(11-4-2-1-3-5-11)12-6-7-14-13(10-12)16(19)18-8-9-20-14/h1-7,10,15H,8-9,17H2,(H,18,19). The van der Waals surface area contributed by atoms with Crippen LogP contribution in [0.1, 0.15) is 27.5 Å². The topological polar surface area (TPSA) is 64.4 Å². The van der Waals surface area contributed by atoms with Crippen LogP contribution in [0.4, 0.5) is 0 Å². The first-order valence-corrected chi connectivity index (χ1v) is 6.61. The third-order valence-corrected chi connectivity index (χ3v) is 3.41. The van der Waals surface area contributed by atoms with E-state index in [9.17, 15) is 4.79 Å². The van der Waals surface area contributed by atoms with E-state index in [1.54, 1.807) is 0 Å². The van der Waals surface area contributed by atoms with E-state index in [0.29, 0.717) is 24.5 Å². The zero-order chi connectivity index (χ0) is 13.9. The molecule has 3 rings (SSSR count). The fourth-order valence-electron chi connectivity index (χ4n) is 2.32. The van der Waals surface area contributed by atoms with Gasteiger partial charge in [0.05, 0.1) is 18.2 Å². The lowest BCUT2D eigenvalue weighted by molar-refractivity contribution is 0.0957. The van der Waals surface area contributed by atoms with Crippen molar-refractivity contribution in [2.45, 2.75) is 6.04 Å². The average Bonchev–Trinajstić information content (AvgIpc) is 2.69. The van der Waals surface area contributed by atoms with E-state index in [1.165, 1.54) is 0 Å². The molecule has 1 amide bonds. The summed E-state index contributed by atoms with van der Waals surface area (Å²) in [7, 11) is 0. The van der Waals surface area contributed by atoms with Gasteiger partial charge < -0.3 is 15.8 Å². The Balaban J connectivity index is 1.98. The van der Waals surface area contributed by atoms with Gasteiger partial charge in [0.15, 0.2) is 0 Å². The molecule has 0 saturated heterocycles. The number of amides is 1. The van der Waals surface area contributed by atoms with E-state index in [1.807, 2.05) is 48.5 Å². The van der Waals surface area contributed by atoms with Gasteiger partial charge in [-0.15, -0.1) is 0 Å². The minimum absolute atomic E-state index is 0.111. The summed E-state index contributed by atoms with van der Waals surface area (Å²) in [5, 5.41) is 2.80. The molecule has 0 saturated carbocycles. The van der Waals surface area contributed by atoms with Crippen LogP contribution in [-0.2, 0) is 0 Å². The normalized spacial score (nSPS) is 15.6. The molecule has 1 unspecified atom stereocenters. The summed E-state index contributed by atoms with van der Waals surface area (Å²) in [6, 6.07) is 15.1. The van der Waals surface area contributed by atoms with Gasteiger partial charge in [0, 0.05) is 0 Å². The van der Waals surface area contributed by atoms with Crippen LogP contribution in [0, 0.1) is 0 Å². The van der Waals surface area contributed by atoms with Crippen LogP contribution in [0.5, 0.6) is 5.75 Å². The van der Waals surface area contributed by atoms with E-state index in [0.717, 1.165) is 11.1 Å². The van der Waals surface area contributed by atoms with Gasteiger partial charge in [-0.05, 0) is 23.3 Å². The first kappa shape index (κ1) is 12.7. The minimum atomic E-state index is -0.252. The van der Waals surface area contributed by atoms with Gasteiger partial charge >= 0.3 is 0 Å². The second-order valence-corrected chi connectivity index (χ2v) is 4.75. The number of benzene rings is 2. The molecule has 1 atom stereocenters. The van der Waals surface area contributed by atoms with Crippen molar-refractivity contribution in [3.8, 4) is 5.75 Å². The summed E-state index contributed by atoms with van der Waals surface area (Å²) < 4.78 is 5.54. The number of carbonyl (C=O) groups excluding carboxylic acids is 1. The maximum Gasteiger partial charge on any atom is 0.255 e. The quantitative estimate of drug-likeness (QED) is 0.873. The van der Waals surface area contributed by atoms with Crippen molar-refractivity contribution in [1.29, 1.82) is 0 Å². The molecule has 20 heavy (non-hydrogen) atoms. The van der Waals surface area contributed by atoms with Crippen molar-refractivity contribution in [2.24, 2.45) is 5.73 Å². The molecular formula is C16H16N2O2. The molecule has 4 nitrogen and oxygen atoms in total. The molecule has 1 aliphatic rings. The van der Waals surface area contributed by atoms with Gasteiger partial charge in [0.25, 0.3) is 5.91 Å². The first-order valence-electron chi connectivity index (χ1n) is 6.61. The maximum atomic E-state index is 12.0. The van der Waals surface area contributed by atoms with Gasteiger partial charge in [-0.2, -0.15) is 0 Å². The van der Waals surface area contributed by atoms with Gasteiger partial charge in [-0.25, -0.2) is 0 Å². The van der Waals surface area contributed by atoms with E-state index in [-0.39, 0.29) is 11.9 Å². The van der Waals surface area contributed by atoms with Crippen LogP contribution < -0.4 is 15.8 Å². The molecule has 3 N–H and O–H groups in total. The van der Waals surface area contributed by atoms with Crippen molar-refractivity contribution in [3.63, 3.8) is 0 Å². The SMILES string of the molecule is NC(c1ccccc1)c1ccc2c(c1)C(=O)NCCO2. The summed E-state index contributed by atoms with van der Waals surface area (Å²) in [5.41, 5.74) is 8.72. The van der Waals surface area contributed by atoms with E-state index < -0.39 is 0 Å². The fourth-order valence-corrected chi connectivity index (χ4v) is 2.32. The van der Waals surface area contributed by atoms with Crippen LogP contribution in [-0.4, -0.2) is 19.1 Å². The van der Waals surface area contributed by atoms with Crippen LogP contribution in [0.15, 0.2) is 48.5 Å². The number of nitrogens with two attached hydrogens (primary N) is 1. The summed E-state index contributed by atoms with van der Waals surface area (Å²) in [4.78, 5) is 12.0. The zero-order valence-electron chi connectivity index (χ0n) is 11.0. The lowest BCUT2D eigenvalue weighted by Crippen LogP contribution is -2.24. The number of hydrogen-bond donors (Lipinski definition) is 2. The zero-order valence-corrected chi connectivity index (χ0v) is 11.0. The second kappa shape index (κ2) is 5.35. The maximum absolute atomic E-state index is 12.0. The summed E-state index contributed by atoms with van der Waals surface area (Å²) >= 11 is 0. The number of carbonyl (C=O) groups is 1. The van der Waals surface area contributed by atoms with Gasteiger partial charge in [0.1, 0.15) is 12.4 Å². The molecule has 102 valence electrons. The van der Waals surface area contributed by atoms with Crippen molar-refractivity contribution < 1.29 is 9.53 Å². The average molecular weight is 268 g/mol. The van der Waals surface area contributed by atoms with Crippen LogP contribution in [0.2, 0.25) is 0 Å². The molecule has 4 heteroatoms. The Labute approximate surface area is 117 Å². The number of hydrogen-bond acceptors (Lipinski definition) is 3. The van der Waals surface area contributed by atoms with Gasteiger partial charge in [-0.3, -0.25) is 4.79 Å². The first-order chi connectivity index (χ1) is 9.75. The van der Waals surface area contributed by atoms with Crippen LogP contribution in [0.25, 0.3) is 0 Å². The van der Waals surface area contributed by atoms with Crippen molar-refractivity contribution in [3.05, 3.63) is 65.2 Å². The van der Waals surface area contributed by atoms with Crippen LogP contribution in [0.3, 0.4) is 0 Å². The highest BCUT2D eigenvalue weighted by Gasteiger charge is 2.18. The Morgan fingerprint density at radius 2 is 1.90 bits per heavy atom. The Hall–Kier alpha value is -2.33. The highest BCUT2D eigenvalue weighted by atomic mass is 16.5. The fraction of sp³-hybridized carbons (Fsp3) is 0.188. The van der Waals surface area contributed by atoms with Crippen molar-refractivity contribution in [2.75, 3.05) is 13.2 Å². The Kier molecular flexibility index (Phi) is 3.39. The molecule has 2 aromatic rings. The Bertz CT molecular complexity index is 626. The second-order valence-electron chi connectivity index (χ2n) is 4.75. The third-order valence-electron chi connectivity index (χ3n) is 3.41. The lowest BCUT2D eigenvalue weighted by atomic mass is 9.97. The number of nitrogens with one attached hydrogen (secondary N) is 1. The summed E-state index contributed by atoms with van der Waals surface area (Å²) in [5.74, 6) is 0.503. The molecule has 0 bridgehead atoms. The highest BCUT2D eigenvalue weighted by molar-refractivity contribution is 5.97. The number of rotatable bonds is 2. The number of fused-ring (bicyclic) bond motifs is 1. The monoisotopic (exact) mass is 268 g/mol. The Morgan fingerprint density at radius 1 is 1.10 bits per heavy atom. The third kappa shape index (κ3) is 2.38. The molecule has 2 aromatic carbocycles. The van der Waals surface area contributed by atoms with Crippen molar-refractivity contribution in [1.82, 2.24) is 5.32 Å². The molecule has 1 heterocycles. The largest absolute Gasteiger partial charge is 0.491 e. The lowest BCUT2D eigenvalue weighted by Gasteiger charge is -2.14. The van der Waals surface area contributed by atoms with E-state index >= 15 is 0 Å². The molecule has 0 aliphatic carbocycles. The van der Waals surface area contributed by atoms with Gasteiger partial charge in [0.2, 0.25) is 0 Å². The molecular weight excluding hydrogens is 252 g/mol. The van der Waals surface area contributed by atoms with Gasteiger partial charge in [-0.1, -0.05) is 36.4 Å². The highest BCUT2D eigenvalue weighted by Crippen LogP contribution is 2.26. The smallest absolute Gasteiger partial charge is 0.255 e. The summed E-state index contributed by atoms with van der Waals surface area (Å²) in [6.07, 6.45) is 0. The van der Waals surface area contributed by atoms with E-state index in [4.69, 9.17) is 10.5 Å². The Morgan fingerprint density at radius 3 is 2.70 bits per heavy atom. The molecule has 0 fully saturated rings. The molecule has 1 aliphatic heterocycles.